The van der Waals surface area contributed by atoms with Gasteiger partial charge in [-0.25, -0.2) is 4.39 Å². The summed E-state index contributed by atoms with van der Waals surface area (Å²) in [4.78, 5) is 10.7. The molecule has 1 aromatic heterocycles. The normalized spacial score (nSPS) is 10.1. The maximum atomic E-state index is 12.9. The van der Waals surface area contributed by atoms with Crippen LogP contribution in [0.4, 0.5) is 4.39 Å². The molecule has 1 aromatic carbocycles. The van der Waals surface area contributed by atoms with Crippen molar-refractivity contribution in [1.29, 1.82) is 0 Å². The molecule has 1 heterocycles. The highest BCUT2D eigenvalue weighted by Crippen LogP contribution is 2.23. The number of furan rings is 1. The standard InChI is InChI=1S/C11H7FO2/c12-9-4-3-8(7-13)10(6-9)11-2-1-5-14-11/h1-7H. The minimum Gasteiger partial charge on any atom is -0.464 e. The fourth-order valence-electron chi connectivity index (χ4n) is 1.28. The Morgan fingerprint density at radius 3 is 2.79 bits per heavy atom. The third kappa shape index (κ3) is 1.44. The molecule has 0 aliphatic heterocycles. The molecule has 2 rings (SSSR count). The molecule has 0 N–H and O–H groups in total. The lowest BCUT2D eigenvalue weighted by Crippen LogP contribution is -1.87. The number of rotatable bonds is 2. The average molecular weight is 190 g/mol. The van der Waals surface area contributed by atoms with Crippen LogP contribution in [0.5, 0.6) is 0 Å². The molecular weight excluding hydrogens is 183 g/mol. The summed E-state index contributed by atoms with van der Waals surface area (Å²) in [6.45, 7) is 0. The predicted octanol–water partition coefficient (Wildman–Crippen LogP) is 2.90. The molecule has 0 spiro atoms. The lowest BCUT2D eigenvalue weighted by Gasteiger charge is -2.00. The maximum Gasteiger partial charge on any atom is 0.150 e. The minimum atomic E-state index is -0.387. The Labute approximate surface area is 80.0 Å². The highest BCUT2D eigenvalue weighted by molar-refractivity contribution is 5.86. The molecule has 2 aromatic rings. The van der Waals surface area contributed by atoms with Gasteiger partial charge in [0, 0.05) is 11.1 Å². The van der Waals surface area contributed by atoms with Gasteiger partial charge in [0.25, 0.3) is 0 Å². The molecule has 0 bridgehead atoms. The molecule has 0 saturated carbocycles. The predicted molar refractivity (Wildman–Crippen MR) is 49.5 cm³/mol. The summed E-state index contributed by atoms with van der Waals surface area (Å²) < 4.78 is 18.0. The molecule has 0 fully saturated rings. The Bertz CT molecular complexity index is 446. The second-order valence-electron chi connectivity index (χ2n) is 2.83. The quantitative estimate of drug-likeness (QED) is 0.681. The van der Waals surface area contributed by atoms with Gasteiger partial charge >= 0.3 is 0 Å². The van der Waals surface area contributed by atoms with Crippen LogP contribution in [0.25, 0.3) is 11.3 Å². The van der Waals surface area contributed by atoms with Crippen molar-refractivity contribution in [3.05, 3.63) is 48.0 Å². The summed E-state index contributed by atoms with van der Waals surface area (Å²) >= 11 is 0. The fraction of sp³-hybridized carbons (Fsp3) is 0. The van der Waals surface area contributed by atoms with Crippen LogP contribution in [0.15, 0.2) is 41.0 Å². The van der Waals surface area contributed by atoms with Crippen molar-refractivity contribution in [3.63, 3.8) is 0 Å². The Morgan fingerprint density at radius 2 is 2.14 bits per heavy atom. The van der Waals surface area contributed by atoms with E-state index in [1.54, 1.807) is 12.1 Å². The van der Waals surface area contributed by atoms with Crippen LogP contribution < -0.4 is 0 Å². The lowest BCUT2D eigenvalue weighted by molar-refractivity contribution is 0.112. The van der Waals surface area contributed by atoms with Crippen molar-refractivity contribution in [1.82, 2.24) is 0 Å². The van der Waals surface area contributed by atoms with Crippen molar-refractivity contribution < 1.29 is 13.6 Å². The van der Waals surface area contributed by atoms with E-state index in [9.17, 15) is 9.18 Å². The zero-order valence-electron chi connectivity index (χ0n) is 7.24. The number of halogens is 1. The highest BCUT2D eigenvalue weighted by atomic mass is 19.1. The van der Waals surface area contributed by atoms with Gasteiger partial charge in [0.05, 0.1) is 6.26 Å². The van der Waals surface area contributed by atoms with Gasteiger partial charge in [-0.3, -0.25) is 4.79 Å². The van der Waals surface area contributed by atoms with Gasteiger partial charge in [-0.1, -0.05) is 0 Å². The highest BCUT2D eigenvalue weighted by Gasteiger charge is 2.07. The molecule has 70 valence electrons. The first-order valence-corrected chi connectivity index (χ1v) is 4.10. The molecule has 2 nitrogen and oxygen atoms in total. The van der Waals surface area contributed by atoms with Crippen molar-refractivity contribution >= 4 is 6.29 Å². The van der Waals surface area contributed by atoms with E-state index in [1.807, 2.05) is 0 Å². The second kappa shape index (κ2) is 3.46. The third-order valence-corrected chi connectivity index (χ3v) is 1.93. The van der Waals surface area contributed by atoms with E-state index in [4.69, 9.17) is 4.42 Å². The van der Waals surface area contributed by atoms with E-state index in [1.165, 1.54) is 24.5 Å². The molecular formula is C11H7FO2. The van der Waals surface area contributed by atoms with Crippen molar-refractivity contribution in [2.45, 2.75) is 0 Å². The minimum absolute atomic E-state index is 0.387. The summed E-state index contributed by atoms with van der Waals surface area (Å²) in [6, 6.07) is 7.33. The van der Waals surface area contributed by atoms with Crippen LogP contribution in [-0.2, 0) is 0 Å². The van der Waals surface area contributed by atoms with Crippen molar-refractivity contribution in [2.75, 3.05) is 0 Å². The van der Waals surface area contributed by atoms with Crippen LogP contribution in [0.3, 0.4) is 0 Å². The zero-order valence-corrected chi connectivity index (χ0v) is 7.24. The number of carbonyl (C=O) groups is 1. The molecule has 0 aliphatic rings. The summed E-state index contributed by atoms with van der Waals surface area (Å²) in [5, 5.41) is 0. The van der Waals surface area contributed by atoms with Gasteiger partial charge < -0.3 is 4.42 Å². The first kappa shape index (κ1) is 8.69. The summed E-state index contributed by atoms with van der Waals surface area (Å²) in [5.41, 5.74) is 0.895. The topological polar surface area (TPSA) is 30.2 Å². The van der Waals surface area contributed by atoms with Crippen LogP contribution in [0, 0.1) is 5.82 Å². The summed E-state index contributed by atoms with van der Waals surface area (Å²) in [7, 11) is 0. The van der Waals surface area contributed by atoms with Gasteiger partial charge in [-0.15, -0.1) is 0 Å². The average Bonchev–Trinajstić information content (AvgIpc) is 2.70. The number of benzene rings is 1. The molecule has 0 unspecified atom stereocenters. The van der Waals surface area contributed by atoms with Crippen molar-refractivity contribution in [2.24, 2.45) is 0 Å². The Hall–Kier alpha value is -1.90. The molecule has 0 saturated heterocycles. The second-order valence-corrected chi connectivity index (χ2v) is 2.83. The monoisotopic (exact) mass is 190 g/mol. The van der Waals surface area contributed by atoms with Gasteiger partial charge in [-0.2, -0.15) is 0 Å². The fourth-order valence-corrected chi connectivity index (χ4v) is 1.28. The van der Waals surface area contributed by atoms with Crippen molar-refractivity contribution in [3.8, 4) is 11.3 Å². The molecule has 0 amide bonds. The summed E-state index contributed by atoms with van der Waals surface area (Å²) in [6.07, 6.45) is 2.16. The van der Waals surface area contributed by atoms with Crippen LogP contribution in [0.1, 0.15) is 10.4 Å². The maximum absolute atomic E-state index is 12.9. The summed E-state index contributed by atoms with van der Waals surface area (Å²) in [5.74, 6) is 0.105. The zero-order chi connectivity index (χ0) is 9.97. The third-order valence-electron chi connectivity index (χ3n) is 1.93. The van der Waals surface area contributed by atoms with E-state index >= 15 is 0 Å². The number of aldehydes is 1. The van der Waals surface area contributed by atoms with Gasteiger partial charge in [0.1, 0.15) is 11.6 Å². The van der Waals surface area contributed by atoms with Crippen LogP contribution in [0.2, 0.25) is 0 Å². The number of hydrogen-bond donors (Lipinski definition) is 0. The van der Waals surface area contributed by atoms with E-state index in [2.05, 4.69) is 0 Å². The van der Waals surface area contributed by atoms with Crippen LogP contribution >= 0.6 is 0 Å². The lowest BCUT2D eigenvalue weighted by atomic mass is 10.1. The number of hydrogen-bond acceptors (Lipinski definition) is 2. The first-order valence-electron chi connectivity index (χ1n) is 4.10. The van der Waals surface area contributed by atoms with Gasteiger partial charge in [-0.05, 0) is 30.3 Å². The van der Waals surface area contributed by atoms with Crippen LogP contribution in [-0.4, -0.2) is 6.29 Å². The Balaban J connectivity index is 2.61. The molecule has 0 aliphatic carbocycles. The SMILES string of the molecule is O=Cc1ccc(F)cc1-c1ccco1. The van der Waals surface area contributed by atoms with E-state index in [0.29, 0.717) is 23.2 Å². The number of carbonyl (C=O) groups excluding carboxylic acids is 1. The Kier molecular flexibility index (Phi) is 2.14. The van der Waals surface area contributed by atoms with E-state index in [0.717, 1.165) is 0 Å². The molecule has 3 heteroatoms. The first-order chi connectivity index (χ1) is 6.81. The molecule has 0 atom stereocenters. The largest absolute Gasteiger partial charge is 0.464 e. The van der Waals surface area contributed by atoms with E-state index < -0.39 is 0 Å². The smallest absolute Gasteiger partial charge is 0.150 e. The van der Waals surface area contributed by atoms with Gasteiger partial charge in [0.15, 0.2) is 6.29 Å². The Morgan fingerprint density at radius 1 is 1.29 bits per heavy atom. The van der Waals surface area contributed by atoms with Gasteiger partial charge in [0.2, 0.25) is 0 Å². The molecule has 14 heavy (non-hydrogen) atoms. The molecule has 0 radical (unpaired) electrons. The van der Waals surface area contributed by atoms with E-state index in [-0.39, 0.29) is 5.82 Å².